The molecule has 0 unspecified atom stereocenters. The molecule has 0 bridgehead atoms. The highest BCUT2D eigenvalue weighted by Crippen LogP contribution is 2.19. The van der Waals surface area contributed by atoms with E-state index < -0.39 is 5.82 Å². The second-order valence-electron chi connectivity index (χ2n) is 5.38. The van der Waals surface area contributed by atoms with Gasteiger partial charge in [-0.1, -0.05) is 12.1 Å². The zero-order valence-electron chi connectivity index (χ0n) is 13.9. The number of nitrogens with one attached hydrogen (secondary N) is 1. The molecule has 0 spiro atoms. The lowest BCUT2D eigenvalue weighted by atomic mass is 10.2. The Morgan fingerprint density at radius 1 is 1.17 bits per heavy atom. The fourth-order valence-corrected chi connectivity index (χ4v) is 2.54. The SMILES string of the molecule is CCN(Cc1ccc(OC)c(F)c1)C(=S)Nc1ccc(C)c(F)c1. The fourth-order valence-electron chi connectivity index (χ4n) is 2.23. The smallest absolute Gasteiger partial charge is 0.173 e. The number of anilines is 1. The van der Waals surface area contributed by atoms with Gasteiger partial charge in [0.05, 0.1) is 7.11 Å². The highest BCUT2D eigenvalue weighted by Gasteiger charge is 2.11. The largest absolute Gasteiger partial charge is 0.494 e. The molecule has 0 aliphatic rings. The Balaban J connectivity index is 2.08. The van der Waals surface area contributed by atoms with Crippen LogP contribution in [-0.4, -0.2) is 23.7 Å². The highest BCUT2D eigenvalue weighted by molar-refractivity contribution is 7.80. The molecule has 3 nitrogen and oxygen atoms in total. The first-order valence-electron chi connectivity index (χ1n) is 7.59. The minimum Gasteiger partial charge on any atom is -0.494 e. The molecular formula is C18H20F2N2OS. The van der Waals surface area contributed by atoms with Gasteiger partial charge in [0.1, 0.15) is 5.82 Å². The molecule has 1 N–H and O–H groups in total. The second-order valence-corrected chi connectivity index (χ2v) is 5.76. The summed E-state index contributed by atoms with van der Waals surface area (Å²) >= 11 is 5.39. The molecule has 6 heteroatoms. The maximum absolute atomic E-state index is 13.8. The van der Waals surface area contributed by atoms with Gasteiger partial charge in [0.2, 0.25) is 0 Å². The number of nitrogens with zero attached hydrogens (tertiary/aromatic N) is 1. The predicted molar refractivity (Wildman–Crippen MR) is 96.4 cm³/mol. The number of methoxy groups -OCH3 is 1. The highest BCUT2D eigenvalue weighted by atomic mass is 32.1. The van der Waals surface area contributed by atoms with Gasteiger partial charge in [-0.15, -0.1) is 0 Å². The fraction of sp³-hybridized carbons (Fsp3) is 0.278. The quantitative estimate of drug-likeness (QED) is 0.803. The number of benzene rings is 2. The average Bonchev–Trinajstić information content (AvgIpc) is 2.56. The van der Waals surface area contributed by atoms with Gasteiger partial charge < -0.3 is 15.0 Å². The summed E-state index contributed by atoms with van der Waals surface area (Å²) < 4.78 is 32.3. The van der Waals surface area contributed by atoms with Crippen LogP contribution in [-0.2, 0) is 6.54 Å². The minimum absolute atomic E-state index is 0.206. The van der Waals surface area contributed by atoms with Crippen LogP contribution in [0.1, 0.15) is 18.1 Å². The molecule has 0 aliphatic heterocycles. The number of rotatable bonds is 5. The van der Waals surface area contributed by atoms with Crippen LogP contribution in [0.5, 0.6) is 5.75 Å². The van der Waals surface area contributed by atoms with Gasteiger partial charge in [0.25, 0.3) is 0 Å². The van der Waals surface area contributed by atoms with Gasteiger partial charge in [-0.2, -0.15) is 0 Å². The molecule has 2 aromatic carbocycles. The summed E-state index contributed by atoms with van der Waals surface area (Å²) in [4.78, 5) is 1.87. The van der Waals surface area contributed by atoms with Gasteiger partial charge >= 0.3 is 0 Å². The van der Waals surface area contributed by atoms with E-state index in [1.807, 2.05) is 11.8 Å². The molecule has 128 valence electrons. The molecule has 0 amide bonds. The lowest BCUT2D eigenvalue weighted by molar-refractivity contribution is 0.384. The van der Waals surface area contributed by atoms with Crippen molar-refractivity contribution in [2.45, 2.75) is 20.4 Å². The molecule has 2 rings (SSSR count). The third kappa shape index (κ3) is 4.41. The first-order chi connectivity index (χ1) is 11.4. The summed E-state index contributed by atoms with van der Waals surface area (Å²) in [5.41, 5.74) is 1.93. The monoisotopic (exact) mass is 350 g/mol. The summed E-state index contributed by atoms with van der Waals surface area (Å²) in [6.07, 6.45) is 0. The van der Waals surface area contributed by atoms with E-state index in [0.717, 1.165) is 5.56 Å². The zero-order valence-corrected chi connectivity index (χ0v) is 14.7. The minimum atomic E-state index is -0.412. The topological polar surface area (TPSA) is 24.5 Å². The van der Waals surface area contributed by atoms with E-state index in [2.05, 4.69) is 5.32 Å². The van der Waals surface area contributed by atoms with Crippen molar-refractivity contribution in [2.75, 3.05) is 19.0 Å². The van der Waals surface area contributed by atoms with Gasteiger partial charge in [-0.3, -0.25) is 0 Å². The molecule has 2 aromatic rings. The lowest BCUT2D eigenvalue weighted by Gasteiger charge is -2.24. The standard InChI is InChI=1S/C18H20F2N2OS/c1-4-22(11-13-6-8-17(23-3)16(20)9-13)18(24)21-14-7-5-12(2)15(19)10-14/h5-10H,4,11H2,1-3H3,(H,21,24). The number of ether oxygens (including phenoxy) is 1. The third-order valence-corrected chi connectivity index (χ3v) is 4.04. The Morgan fingerprint density at radius 3 is 2.50 bits per heavy atom. The van der Waals surface area contributed by atoms with E-state index in [1.54, 1.807) is 31.2 Å². The number of aryl methyl sites for hydroxylation is 1. The van der Waals surface area contributed by atoms with Gasteiger partial charge in [0.15, 0.2) is 16.7 Å². The van der Waals surface area contributed by atoms with Crippen LogP contribution in [0.25, 0.3) is 0 Å². The molecule has 0 fully saturated rings. The van der Waals surface area contributed by atoms with Crippen LogP contribution in [0.4, 0.5) is 14.5 Å². The summed E-state index contributed by atoms with van der Waals surface area (Å²) in [5, 5.41) is 3.47. The Hall–Kier alpha value is -2.21. The molecule has 0 radical (unpaired) electrons. The van der Waals surface area contributed by atoms with Crippen LogP contribution in [0, 0.1) is 18.6 Å². The molecule has 0 saturated heterocycles. The maximum Gasteiger partial charge on any atom is 0.173 e. The molecule has 0 aromatic heterocycles. The van der Waals surface area contributed by atoms with Crippen molar-refractivity contribution in [1.29, 1.82) is 0 Å². The van der Waals surface area contributed by atoms with Crippen LogP contribution >= 0.6 is 12.2 Å². The third-order valence-electron chi connectivity index (χ3n) is 3.68. The number of hydrogen-bond donors (Lipinski definition) is 1. The first kappa shape index (κ1) is 18.1. The molecule has 0 heterocycles. The van der Waals surface area contributed by atoms with Crippen molar-refractivity contribution >= 4 is 23.0 Å². The van der Waals surface area contributed by atoms with E-state index in [0.29, 0.717) is 29.5 Å². The summed E-state index contributed by atoms with van der Waals surface area (Å²) in [5.74, 6) is -0.494. The van der Waals surface area contributed by atoms with E-state index >= 15 is 0 Å². The van der Waals surface area contributed by atoms with Crippen LogP contribution in [0.15, 0.2) is 36.4 Å². The van der Waals surface area contributed by atoms with Gasteiger partial charge in [0, 0.05) is 18.8 Å². The number of hydrogen-bond acceptors (Lipinski definition) is 2. The first-order valence-corrected chi connectivity index (χ1v) is 8.00. The maximum atomic E-state index is 13.8. The summed E-state index contributed by atoms with van der Waals surface area (Å²) in [7, 11) is 1.43. The molecule has 0 saturated carbocycles. The predicted octanol–water partition coefficient (Wildman–Crippen LogP) is 4.50. The molecule has 24 heavy (non-hydrogen) atoms. The normalized spacial score (nSPS) is 10.4. The molecule has 0 aliphatic carbocycles. The molecule has 0 atom stereocenters. The summed E-state index contributed by atoms with van der Waals surface area (Å²) in [6.45, 7) is 4.73. The lowest BCUT2D eigenvalue weighted by Crippen LogP contribution is -2.34. The van der Waals surface area contributed by atoms with Crippen LogP contribution in [0.3, 0.4) is 0 Å². The van der Waals surface area contributed by atoms with E-state index in [1.165, 1.54) is 19.2 Å². The van der Waals surface area contributed by atoms with Gasteiger partial charge in [-0.25, -0.2) is 8.78 Å². The van der Waals surface area contributed by atoms with Crippen molar-refractivity contribution in [3.8, 4) is 5.75 Å². The number of halogens is 2. The van der Waals surface area contributed by atoms with E-state index in [-0.39, 0.29) is 11.6 Å². The van der Waals surface area contributed by atoms with E-state index in [9.17, 15) is 8.78 Å². The Morgan fingerprint density at radius 2 is 1.92 bits per heavy atom. The van der Waals surface area contributed by atoms with Gasteiger partial charge in [-0.05, 0) is 61.5 Å². The van der Waals surface area contributed by atoms with Crippen molar-refractivity contribution in [2.24, 2.45) is 0 Å². The Kier molecular flexibility index (Phi) is 6.09. The average molecular weight is 350 g/mol. The summed E-state index contributed by atoms with van der Waals surface area (Å²) in [6, 6.07) is 9.67. The van der Waals surface area contributed by atoms with Crippen molar-refractivity contribution < 1.29 is 13.5 Å². The zero-order chi connectivity index (χ0) is 17.7. The van der Waals surface area contributed by atoms with E-state index in [4.69, 9.17) is 17.0 Å². The molecular weight excluding hydrogens is 330 g/mol. The van der Waals surface area contributed by atoms with Crippen LogP contribution < -0.4 is 10.1 Å². The second kappa shape index (κ2) is 8.06. The Bertz CT molecular complexity index is 737. The Labute approximate surface area is 146 Å². The van der Waals surface area contributed by atoms with Crippen molar-refractivity contribution in [3.05, 3.63) is 59.2 Å². The van der Waals surface area contributed by atoms with Crippen molar-refractivity contribution in [3.63, 3.8) is 0 Å². The number of thiocarbonyl (C=S) groups is 1. The van der Waals surface area contributed by atoms with Crippen LogP contribution in [0.2, 0.25) is 0 Å². The van der Waals surface area contributed by atoms with Crippen molar-refractivity contribution in [1.82, 2.24) is 4.90 Å².